The van der Waals surface area contributed by atoms with Crippen LogP contribution in [0.1, 0.15) is 43.2 Å². The molecule has 1 aromatic heterocycles. The second-order valence-corrected chi connectivity index (χ2v) is 8.43. The summed E-state index contributed by atoms with van der Waals surface area (Å²) in [5.41, 5.74) is 2.00. The van der Waals surface area contributed by atoms with E-state index in [9.17, 15) is 0 Å². The molecular weight excluding hydrogens is 321 g/mol. The third kappa shape index (κ3) is 3.00. The lowest BCUT2D eigenvalue weighted by Crippen LogP contribution is -2.37. The van der Waals surface area contributed by atoms with Crippen molar-refractivity contribution in [3.05, 3.63) is 28.8 Å². The molecular formula is C19H24FN3S. The third-order valence-electron chi connectivity index (χ3n) is 5.35. The van der Waals surface area contributed by atoms with E-state index in [1.807, 2.05) is 0 Å². The molecule has 3 nitrogen and oxygen atoms in total. The van der Waals surface area contributed by atoms with E-state index >= 15 is 4.39 Å². The molecule has 1 saturated heterocycles. The summed E-state index contributed by atoms with van der Waals surface area (Å²) in [6, 6.07) is 6.31. The van der Waals surface area contributed by atoms with Crippen LogP contribution in [0.2, 0.25) is 0 Å². The molecule has 3 heterocycles. The number of benzene rings is 1. The number of hydrogen-bond acceptors (Lipinski definition) is 4. The van der Waals surface area contributed by atoms with E-state index in [2.05, 4.69) is 42.1 Å². The Morgan fingerprint density at radius 1 is 1.29 bits per heavy atom. The van der Waals surface area contributed by atoms with Gasteiger partial charge in [0, 0.05) is 38.2 Å². The van der Waals surface area contributed by atoms with Crippen molar-refractivity contribution in [2.24, 2.45) is 10.9 Å². The molecule has 2 aliphatic rings. The van der Waals surface area contributed by atoms with Crippen molar-refractivity contribution in [2.45, 2.75) is 38.3 Å². The highest BCUT2D eigenvalue weighted by Crippen LogP contribution is 2.40. The van der Waals surface area contributed by atoms with Gasteiger partial charge < -0.3 is 4.90 Å². The summed E-state index contributed by atoms with van der Waals surface area (Å²) < 4.78 is 16.4. The van der Waals surface area contributed by atoms with Gasteiger partial charge in [0.05, 0.1) is 10.2 Å². The van der Waals surface area contributed by atoms with Crippen molar-refractivity contribution in [1.82, 2.24) is 9.88 Å². The van der Waals surface area contributed by atoms with Crippen LogP contribution in [0.3, 0.4) is 0 Å². The minimum Gasteiger partial charge on any atom is -0.306 e. The van der Waals surface area contributed by atoms with Gasteiger partial charge in [0.15, 0.2) is 5.67 Å². The number of nitrogens with zero attached hydrogens (tertiary/aromatic N) is 3. The molecule has 5 heteroatoms. The zero-order valence-corrected chi connectivity index (χ0v) is 15.2. The van der Waals surface area contributed by atoms with E-state index in [0.717, 1.165) is 41.8 Å². The zero-order valence-electron chi connectivity index (χ0n) is 14.4. The first-order valence-corrected chi connectivity index (χ1v) is 9.67. The van der Waals surface area contributed by atoms with Gasteiger partial charge in [-0.25, -0.2) is 9.37 Å². The van der Waals surface area contributed by atoms with E-state index in [4.69, 9.17) is 4.99 Å². The summed E-state index contributed by atoms with van der Waals surface area (Å²) in [6.45, 7) is 4.76. The number of likely N-dealkylation sites (tertiary alicyclic amines) is 1. The third-order valence-corrected chi connectivity index (χ3v) is 6.57. The molecule has 1 aromatic carbocycles. The first-order valence-electron chi connectivity index (χ1n) is 8.86. The lowest BCUT2D eigenvalue weighted by Gasteiger charge is -2.32. The number of fused-ring (bicyclic) bond motifs is 1. The molecule has 0 saturated carbocycles. The van der Waals surface area contributed by atoms with Gasteiger partial charge in [-0.1, -0.05) is 13.0 Å². The molecule has 0 aliphatic carbocycles. The first-order chi connectivity index (χ1) is 11.5. The van der Waals surface area contributed by atoms with Crippen LogP contribution in [0.15, 0.2) is 23.2 Å². The molecule has 0 bridgehead atoms. The van der Waals surface area contributed by atoms with Crippen LogP contribution in [-0.4, -0.2) is 42.3 Å². The Kier molecular flexibility index (Phi) is 4.17. The Hall–Kier alpha value is -1.33. The van der Waals surface area contributed by atoms with E-state index in [-0.39, 0.29) is 0 Å². The number of hydrogen-bond donors (Lipinski definition) is 0. The van der Waals surface area contributed by atoms with Crippen LogP contribution in [0.5, 0.6) is 0 Å². The minimum absolute atomic E-state index is 0.542. The molecule has 0 radical (unpaired) electrons. The van der Waals surface area contributed by atoms with Crippen LogP contribution in [-0.2, 0) is 5.67 Å². The quantitative estimate of drug-likeness (QED) is 0.807. The van der Waals surface area contributed by atoms with Gasteiger partial charge in [-0.05, 0) is 43.5 Å². The summed E-state index contributed by atoms with van der Waals surface area (Å²) in [5, 5.41) is 0.655. The highest BCUT2D eigenvalue weighted by atomic mass is 32.1. The molecule has 2 aromatic rings. The second kappa shape index (κ2) is 6.19. The maximum atomic E-state index is 15.3. The van der Waals surface area contributed by atoms with Crippen LogP contribution < -0.4 is 0 Å². The Balaban J connectivity index is 1.64. The molecule has 1 atom stereocenters. The van der Waals surface area contributed by atoms with Crippen molar-refractivity contribution < 1.29 is 4.39 Å². The average molecular weight is 345 g/mol. The molecule has 4 rings (SSSR count). The molecule has 0 amide bonds. The molecule has 128 valence electrons. The van der Waals surface area contributed by atoms with Crippen molar-refractivity contribution in [3.63, 3.8) is 0 Å². The monoisotopic (exact) mass is 345 g/mol. The largest absolute Gasteiger partial charge is 0.306 e. The van der Waals surface area contributed by atoms with Crippen molar-refractivity contribution in [3.8, 4) is 0 Å². The fourth-order valence-electron chi connectivity index (χ4n) is 3.54. The predicted molar refractivity (Wildman–Crippen MR) is 98.9 cm³/mol. The second-order valence-electron chi connectivity index (χ2n) is 7.40. The zero-order chi connectivity index (χ0) is 16.7. The summed E-state index contributed by atoms with van der Waals surface area (Å²) in [6.07, 6.45) is 3.31. The standard InChI is InChI=1S/C19H24FN3S/c1-13-3-5-15(21-12-13)14-4-6-17-16(11-14)22-18(24-17)19(20)7-9-23(2)10-8-19/h4,6,11,13H,3,5,7-10,12H2,1-2H3/t13-/m0/s1. The van der Waals surface area contributed by atoms with Crippen LogP contribution >= 0.6 is 11.3 Å². The SMILES string of the molecule is C[C@H]1CCC(c2ccc3sc(C4(F)CCN(C)CC4)nc3c2)=NC1. The van der Waals surface area contributed by atoms with Gasteiger partial charge in [-0.3, -0.25) is 4.99 Å². The minimum atomic E-state index is -1.26. The Labute approximate surface area is 146 Å². The highest BCUT2D eigenvalue weighted by Gasteiger charge is 2.38. The topological polar surface area (TPSA) is 28.5 Å². The van der Waals surface area contributed by atoms with Crippen LogP contribution in [0, 0.1) is 5.92 Å². The summed E-state index contributed by atoms with van der Waals surface area (Å²) in [7, 11) is 2.05. The Morgan fingerprint density at radius 2 is 2.08 bits per heavy atom. The van der Waals surface area contributed by atoms with E-state index in [1.54, 1.807) is 0 Å². The summed E-state index contributed by atoms with van der Waals surface area (Å²) >= 11 is 1.52. The van der Waals surface area contributed by atoms with Gasteiger partial charge in [0.2, 0.25) is 0 Å². The van der Waals surface area contributed by atoms with Gasteiger partial charge >= 0.3 is 0 Å². The Bertz CT molecular complexity index is 774. The van der Waals surface area contributed by atoms with Crippen LogP contribution in [0.4, 0.5) is 4.39 Å². The normalized spacial score (nSPS) is 25.0. The molecule has 24 heavy (non-hydrogen) atoms. The lowest BCUT2D eigenvalue weighted by molar-refractivity contribution is 0.0673. The number of alkyl halides is 1. The van der Waals surface area contributed by atoms with Gasteiger partial charge in [-0.2, -0.15) is 0 Å². The number of aliphatic imine (C=N–C) groups is 1. The van der Waals surface area contributed by atoms with Gasteiger partial charge in [0.1, 0.15) is 5.01 Å². The molecule has 1 fully saturated rings. The first kappa shape index (κ1) is 16.2. The smallest absolute Gasteiger partial charge is 0.164 e. The maximum Gasteiger partial charge on any atom is 0.164 e. The summed E-state index contributed by atoms with van der Waals surface area (Å²) in [4.78, 5) is 11.6. The Morgan fingerprint density at radius 3 is 2.79 bits per heavy atom. The fraction of sp³-hybridized carbons (Fsp3) is 0.579. The van der Waals surface area contributed by atoms with Crippen molar-refractivity contribution in [2.75, 3.05) is 26.7 Å². The number of thiazole rings is 1. The number of rotatable bonds is 2. The fourth-order valence-corrected chi connectivity index (χ4v) is 4.63. The predicted octanol–water partition coefficient (Wildman–Crippen LogP) is 4.41. The van der Waals surface area contributed by atoms with E-state index < -0.39 is 5.67 Å². The lowest BCUT2D eigenvalue weighted by atomic mass is 9.94. The number of halogens is 1. The number of piperidine rings is 1. The van der Waals surface area contributed by atoms with E-state index in [0.29, 0.717) is 23.8 Å². The van der Waals surface area contributed by atoms with Gasteiger partial charge in [0.25, 0.3) is 0 Å². The van der Waals surface area contributed by atoms with Crippen molar-refractivity contribution in [1.29, 1.82) is 0 Å². The summed E-state index contributed by atoms with van der Waals surface area (Å²) in [5.74, 6) is 0.680. The average Bonchev–Trinajstić information content (AvgIpc) is 3.02. The highest BCUT2D eigenvalue weighted by molar-refractivity contribution is 7.18. The van der Waals surface area contributed by atoms with E-state index in [1.165, 1.54) is 23.5 Å². The maximum absolute atomic E-state index is 15.3. The molecule has 2 aliphatic heterocycles. The molecule has 0 N–H and O–H groups in total. The van der Waals surface area contributed by atoms with Crippen LogP contribution in [0.25, 0.3) is 10.2 Å². The van der Waals surface area contributed by atoms with Crippen molar-refractivity contribution >= 4 is 27.3 Å². The number of aromatic nitrogens is 1. The van der Waals surface area contributed by atoms with Gasteiger partial charge in [-0.15, -0.1) is 11.3 Å². The molecule has 0 unspecified atom stereocenters. The molecule has 0 spiro atoms.